The summed E-state index contributed by atoms with van der Waals surface area (Å²) >= 11 is 0. The summed E-state index contributed by atoms with van der Waals surface area (Å²) in [7, 11) is -3.77. The van der Waals surface area contributed by atoms with Gasteiger partial charge in [0, 0.05) is 18.8 Å². The largest absolute Gasteiger partial charge is 0.288 e. The van der Waals surface area contributed by atoms with E-state index in [0.29, 0.717) is 23.4 Å². The van der Waals surface area contributed by atoms with Gasteiger partial charge in [-0.2, -0.15) is 5.26 Å². The minimum Gasteiger partial charge on any atom is -0.288 e. The van der Waals surface area contributed by atoms with Crippen LogP contribution in [0.25, 0.3) is 6.08 Å². The van der Waals surface area contributed by atoms with E-state index in [2.05, 4.69) is 4.98 Å². The maximum atomic E-state index is 12.8. The summed E-state index contributed by atoms with van der Waals surface area (Å²) in [4.78, 5) is 15.3. The molecule has 2 N–H and O–H groups in total. The van der Waals surface area contributed by atoms with Crippen LogP contribution in [0.2, 0.25) is 0 Å². The zero-order chi connectivity index (χ0) is 18.7. The summed E-state index contributed by atoms with van der Waals surface area (Å²) in [5.41, 5.74) is 3.23. The lowest BCUT2D eigenvalue weighted by Crippen LogP contribution is -2.29. The van der Waals surface area contributed by atoms with Crippen LogP contribution in [0.5, 0.6) is 0 Å². The normalized spacial score (nSPS) is 13.5. The highest BCUT2D eigenvalue weighted by molar-refractivity contribution is 7.92. The molecule has 2 aromatic rings. The molecule has 0 atom stereocenters. The van der Waals surface area contributed by atoms with Crippen molar-refractivity contribution in [2.24, 2.45) is 0 Å². The third kappa shape index (κ3) is 3.28. The first-order valence-electron chi connectivity index (χ1n) is 7.59. The zero-order valence-electron chi connectivity index (χ0n) is 13.5. The van der Waals surface area contributed by atoms with Gasteiger partial charge in [-0.1, -0.05) is 0 Å². The molecule has 1 aromatic carbocycles. The number of nitriles is 1. The first-order valence-corrected chi connectivity index (χ1v) is 9.03. The van der Waals surface area contributed by atoms with Gasteiger partial charge in [0.15, 0.2) is 0 Å². The molecule has 26 heavy (non-hydrogen) atoms. The second kappa shape index (κ2) is 6.95. The molecule has 1 amide bonds. The number of rotatable bonds is 4. The Hall–Kier alpha value is -3.22. The Morgan fingerprint density at radius 3 is 2.73 bits per heavy atom. The number of amides is 1. The second-order valence-electron chi connectivity index (χ2n) is 5.52. The van der Waals surface area contributed by atoms with Gasteiger partial charge in [0.05, 0.1) is 16.5 Å². The number of aromatic nitrogens is 1. The number of carbonyl (C=O) groups is 1. The SMILES string of the molecule is N#Cc1ccc(S(=O)(=O)N2CCc3cc(C=CC(=O)NO)cnc32)cc1. The minimum absolute atomic E-state index is 0.0924. The Balaban J connectivity index is 1.90. The number of anilines is 1. The molecule has 9 heteroatoms. The van der Waals surface area contributed by atoms with E-state index in [1.165, 1.54) is 46.3 Å². The second-order valence-corrected chi connectivity index (χ2v) is 7.39. The molecule has 0 aliphatic carbocycles. The molecule has 3 rings (SSSR count). The summed E-state index contributed by atoms with van der Waals surface area (Å²) in [6.07, 6.45) is 4.55. The van der Waals surface area contributed by atoms with Gasteiger partial charge in [0.1, 0.15) is 5.82 Å². The molecule has 1 aliphatic heterocycles. The monoisotopic (exact) mass is 370 g/mol. The van der Waals surface area contributed by atoms with Crippen molar-refractivity contribution in [1.82, 2.24) is 10.5 Å². The molecule has 1 aliphatic rings. The fourth-order valence-electron chi connectivity index (χ4n) is 2.62. The molecule has 8 nitrogen and oxygen atoms in total. The van der Waals surface area contributed by atoms with E-state index in [4.69, 9.17) is 10.5 Å². The van der Waals surface area contributed by atoms with E-state index in [1.807, 2.05) is 6.07 Å². The standard InChI is InChI=1S/C17H14N4O4S/c18-10-12-1-4-15(5-2-12)26(24,25)21-8-7-14-9-13(11-19-17(14)21)3-6-16(22)20-23/h1-6,9,11,23H,7-8H2,(H,20,22). The Morgan fingerprint density at radius 2 is 2.08 bits per heavy atom. The predicted octanol–water partition coefficient (Wildman–Crippen LogP) is 1.22. The topological polar surface area (TPSA) is 123 Å². The molecular weight excluding hydrogens is 356 g/mol. The van der Waals surface area contributed by atoms with Gasteiger partial charge in [0.25, 0.3) is 15.9 Å². The number of benzene rings is 1. The smallest absolute Gasteiger partial charge is 0.267 e. The van der Waals surface area contributed by atoms with Crippen LogP contribution in [0.15, 0.2) is 47.5 Å². The number of nitrogens with one attached hydrogen (secondary N) is 1. The Bertz CT molecular complexity index is 1020. The summed E-state index contributed by atoms with van der Waals surface area (Å²) in [5, 5.41) is 17.3. The molecule has 1 aromatic heterocycles. The predicted molar refractivity (Wildman–Crippen MR) is 92.6 cm³/mol. The Morgan fingerprint density at radius 1 is 1.35 bits per heavy atom. The Kier molecular flexibility index (Phi) is 4.71. The fourth-order valence-corrected chi connectivity index (χ4v) is 4.08. The van der Waals surface area contributed by atoms with Gasteiger partial charge in [-0.25, -0.2) is 23.2 Å². The van der Waals surface area contributed by atoms with Gasteiger partial charge in [0.2, 0.25) is 0 Å². The molecule has 0 unspecified atom stereocenters. The van der Waals surface area contributed by atoms with E-state index in [9.17, 15) is 13.2 Å². The number of pyridine rings is 1. The molecule has 2 heterocycles. The van der Waals surface area contributed by atoms with Crippen LogP contribution in [0.3, 0.4) is 0 Å². The van der Waals surface area contributed by atoms with Gasteiger partial charge >= 0.3 is 0 Å². The number of hydroxylamine groups is 1. The maximum Gasteiger partial charge on any atom is 0.267 e. The maximum absolute atomic E-state index is 12.8. The van der Waals surface area contributed by atoms with Gasteiger partial charge < -0.3 is 0 Å². The van der Waals surface area contributed by atoms with Gasteiger partial charge in [-0.3, -0.25) is 10.0 Å². The Labute approximate surface area is 150 Å². The number of carbonyl (C=O) groups excluding carboxylic acids is 1. The summed E-state index contributed by atoms with van der Waals surface area (Å²) in [6, 6.07) is 9.41. The molecule has 0 spiro atoms. The van der Waals surface area contributed by atoms with Crippen LogP contribution in [0.4, 0.5) is 5.82 Å². The minimum atomic E-state index is -3.77. The van der Waals surface area contributed by atoms with Crippen LogP contribution < -0.4 is 9.79 Å². The lowest BCUT2D eigenvalue weighted by Gasteiger charge is -2.18. The van der Waals surface area contributed by atoms with Crippen LogP contribution in [0.1, 0.15) is 16.7 Å². The van der Waals surface area contributed by atoms with Crippen molar-refractivity contribution in [1.29, 1.82) is 5.26 Å². The lowest BCUT2D eigenvalue weighted by molar-refractivity contribution is -0.124. The zero-order valence-corrected chi connectivity index (χ0v) is 14.3. The highest BCUT2D eigenvalue weighted by Crippen LogP contribution is 2.31. The number of fused-ring (bicyclic) bond motifs is 1. The van der Waals surface area contributed by atoms with Crippen molar-refractivity contribution >= 4 is 27.8 Å². The molecule has 0 fully saturated rings. The first kappa shape index (κ1) is 17.6. The van der Waals surface area contributed by atoms with Crippen molar-refractivity contribution < 1.29 is 18.4 Å². The van der Waals surface area contributed by atoms with E-state index < -0.39 is 15.9 Å². The number of hydrogen-bond donors (Lipinski definition) is 2. The van der Waals surface area contributed by atoms with E-state index >= 15 is 0 Å². The number of sulfonamides is 1. The van der Waals surface area contributed by atoms with E-state index in [0.717, 1.165) is 11.6 Å². The van der Waals surface area contributed by atoms with Crippen molar-refractivity contribution in [2.75, 3.05) is 10.8 Å². The van der Waals surface area contributed by atoms with Crippen molar-refractivity contribution in [3.05, 3.63) is 59.3 Å². The van der Waals surface area contributed by atoms with Crippen LogP contribution in [-0.2, 0) is 21.2 Å². The molecule has 0 bridgehead atoms. The molecule has 0 saturated carbocycles. The molecule has 132 valence electrons. The lowest BCUT2D eigenvalue weighted by atomic mass is 10.1. The highest BCUT2D eigenvalue weighted by atomic mass is 32.2. The average molecular weight is 370 g/mol. The van der Waals surface area contributed by atoms with Crippen LogP contribution in [-0.4, -0.2) is 31.1 Å². The summed E-state index contributed by atoms with van der Waals surface area (Å²) in [6.45, 7) is 0.259. The number of nitrogens with zero attached hydrogens (tertiary/aromatic N) is 3. The van der Waals surface area contributed by atoms with Gasteiger partial charge in [-0.05, 0) is 54.0 Å². The average Bonchev–Trinajstić information content (AvgIpc) is 3.10. The van der Waals surface area contributed by atoms with Gasteiger partial charge in [-0.15, -0.1) is 0 Å². The van der Waals surface area contributed by atoms with Crippen molar-refractivity contribution in [3.8, 4) is 6.07 Å². The molecular formula is C17H14N4O4S. The summed E-state index contributed by atoms with van der Waals surface area (Å²) < 4.78 is 26.9. The molecule has 0 radical (unpaired) electrons. The van der Waals surface area contributed by atoms with E-state index in [1.54, 1.807) is 6.07 Å². The first-order chi connectivity index (χ1) is 12.5. The third-order valence-corrected chi connectivity index (χ3v) is 5.70. The third-order valence-electron chi connectivity index (χ3n) is 3.89. The quantitative estimate of drug-likeness (QED) is 0.474. The fraction of sp³-hybridized carbons (Fsp3) is 0.118. The molecule has 0 saturated heterocycles. The summed E-state index contributed by atoms with van der Waals surface area (Å²) in [5.74, 6) is -0.325. The number of hydrogen-bond acceptors (Lipinski definition) is 6. The van der Waals surface area contributed by atoms with E-state index in [-0.39, 0.29) is 11.4 Å². The van der Waals surface area contributed by atoms with Crippen molar-refractivity contribution in [3.63, 3.8) is 0 Å². The highest BCUT2D eigenvalue weighted by Gasteiger charge is 2.32. The van der Waals surface area contributed by atoms with Crippen molar-refractivity contribution in [2.45, 2.75) is 11.3 Å². The van der Waals surface area contributed by atoms with Crippen LogP contribution in [0, 0.1) is 11.3 Å². The van der Waals surface area contributed by atoms with Crippen LogP contribution >= 0.6 is 0 Å².